The lowest BCUT2D eigenvalue weighted by molar-refractivity contribution is -0.0503. The summed E-state index contributed by atoms with van der Waals surface area (Å²) in [7, 11) is -3.14. The Morgan fingerprint density at radius 1 is 1.17 bits per heavy atom. The van der Waals surface area contributed by atoms with Crippen molar-refractivity contribution in [3.05, 3.63) is 29.8 Å². The van der Waals surface area contributed by atoms with Crippen molar-refractivity contribution in [1.29, 1.82) is 0 Å². The Hall–Kier alpha value is -1.70. The van der Waals surface area contributed by atoms with Gasteiger partial charge in [-0.15, -0.1) is 0 Å². The van der Waals surface area contributed by atoms with Crippen LogP contribution in [0.15, 0.2) is 24.3 Å². The largest absolute Gasteiger partial charge is 0.434 e. The van der Waals surface area contributed by atoms with Crippen molar-refractivity contribution in [3.63, 3.8) is 0 Å². The van der Waals surface area contributed by atoms with Crippen LogP contribution >= 0.6 is 0 Å². The number of hydrogen-bond acceptors (Lipinski definition) is 4. The van der Waals surface area contributed by atoms with Crippen molar-refractivity contribution >= 4 is 15.7 Å². The van der Waals surface area contributed by atoms with Crippen LogP contribution in [0.5, 0.6) is 5.75 Å². The Morgan fingerprint density at radius 3 is 2.43 bits per heavy atom. The van der Waals surface area contributed by atoms with Gasteiger partial charge in [-0.2, -0.15) is 8.78 Å². The zero-order valence-corrected chi connectivity index (χ0v) is 13.1. The SMILES string of the molecule is O=C(c1ccccc1OC(F)F)N(C1CC1)C1CCS(=O)(=O)C1. The zero-order valence-electron chi connectivity index (χ0n) is 12.3. The van der Waals surface area contributed by atoms with Gasteiger partial charge in [-0.25, -0.2) is 8.42 Å². The maximum absolute atomic E-state index is 12.8. The van der Waals surface area contributed by atoms with Crippen molar-refractivity contribution in [1.82, 2.24) is 4.90 Å². The lowest BCUT2D eigenvalue weighted by atomic mass is 10.1. The zero-order chi connectivity index (χ0) is 16.6. The number of ether oxygens (including phenoxy) is 1. The molecule has 1 aliphatic heterocycles. The molecule has 5 nitrogen and oxygen atoms in total. The fourth-order valence-corrected chi connectivity index (χ4v) is 4.67. The van der Waals surface area contributed by atoms with E-state index < -0.39 is 22.4 Å². The highest BCUT2D eigenvalue weighted by atomic mass is 32.2. The van der Waals surface area contributed by atoms with E-state index in [1.54, 1.807) is 11.0 Å². The van der Waals surface area contributed by atoms with E-state index in [9.17, 15) is 22.0 Å². The van der Waals surface area contributed by atoms with Gasteiger partial charge in [-0.05, 0) is 31.4 Å². The highest BCUT2D eigenvalue weighted by Crippen LogP contribution is 2.35. The molecule has 8 heteroatoms. The molecule has 2 fully saturated rings. The molecule has 0 N–H and O–H groups in total. The number of benzene rings is 1. The van der Waals surface area contributed by atoms with Gasteiger partial charge in [0, 0.05) is 12.1 Å². The molecule has 3 rings (SSSR count). The van der Waals surface area contributed by atoms with Crippen LogP contribution in [-0.4, -0.2) is 49.4 Å². The number of sulfone groups is 1. The van der Waals surface area contributed by atoms with Crippen LogP contribution in [0.25, 0.3) is 0 Å². The van der Waals surface area contributed by atoms with Gasteiger partial charge in [0.2, 0.25) is 0 Å². The van der Waals surface area contributed by atoms with E-state index in [1.807, 2.05) is 0 Å². The van der Waals surface area contributed by atoms with Gasteiger partial charge >= 0.3 is 6.61 Å². The second-order valence-electron chi connectivity index (χ2n) is 5.88. The summed E-state index contributed by atoms with van der Waals surface area (Å²) in [5, 5.41) is 0. The summed E-state index contributed by atoms with van der Waals surface area (Å²) in [5.41, 5.74) is 0.0454. The molecule has 1 aromatic rings. The summed E-state index contributed by atoms with van der Waals surface area (Å²) in [5.74, 6) is -0.624. The van der Waals surface area contributed by atoms with E-state index in [0.717, 1.165) is 12.8 Å². The Kier molecular flexibility index (Phi) is 4.27. The Morgan fingerprint density at radius 2 is 1.87 bits per heavy atom. The number of hydrogen-bond donors (Lipinski definition) is 0. The molecule has 1 aliphatic carbocycles. The molecule has 0 spiro atoms. The van der Waals surface area contributed by atoms with Crippen LogP contribution in [0, 0.1) is 0 Å². The highest BCUT2D eigenvalue weighted by molar-refractivity contribution is 7.91. The highest BCUT2D eigenvalue weighted by Gasteiger charge is 2.43. The summed E-state index contributed by atoms with van der Waals surface area (Å²) in [6, 6.07) is 5.42. The molecule has 1 amide bonds. The molecular formula is C15H17F2NO4S. The van der Waals surface area contributed by atoms with E-state index in [4.69, 9.17) is 0 Å². The first-order valence-corrected chi connectivity index (χ1v) is 9.26. The topological polar surface area (TPSA) is 63.7 Å². The number of alkyl halides is 2. The second-order valence-corrected chi connectivity index (χ2v) is 8.10. The molecule has 1 unspecified atom stereocenters. The minimum Gasteiger partial charge on any atom is -0.434 e. The predicted molar refractivity (Wildman–Crippen MR) is 79.3 cm³/mol. The average Bonchev–Trinajstić information content (AvgIpc) is 3.23. The molecule has 1 saturated heterocycles. The standard InChI is InChI=1S/C15H17F2NO4S/c16-15(17)22-13-4-2-1-3-12(13)14(19)18(10-5-6-10)11-7-8-23(20,21)9-11/h1-4,10-11,15H,5-9H2. The van der Waals surface area contributed by atoms with E-state index in [1.165, 1.54) is 18.2 Å². The molecule has 1 aromatic carbocycles. The summed E-state index contributed by atoms with van der Waals surface area (Å²) in [6.07, 6.45) is 2.00. The van der Waals surface area contributed by atoms with Gasteiger partial charge in [0.15, 0.2) is 9.84 Å². The lowest BCUT2D eigenvalue weighted by Gasteiger charge is -2.29. The first kappa shape index (κ1) is 16.2. The third kappa shape index (κ3) is 3.63. The first-order chi connectivity index (χ1) is 10.9. The molecule has 1 heterocycles. The van der Waals surface area contributed by atoms with Crippen molar-refractivity contribution in [3.8, 4) is 5.75 Å². The minimum absolute atomic E-state index is 0.0135. The fourth-order valence-electron chi connectivity index (χ4n) is 2.96. The van der Waals surface area contributed by atoms with Gasteiger partial charge in [-0.3, -0.25) is 4.79 Å². The first-order valence-electron chi connectivity index (χ1n) is 7.44. The Bertz CT molecular complexity index is 703. The number of rotatable bonds is 5. The molecular weight excluding hydrogens is 328 g/mol. The maximum Gasteiger partial charge on any atom is 0.387 e. The molecule has 1 saturated carbocycles. The van der Waals surface area contributed by atoms with E-state index in [-0.39, 0.29) is 34.9 Å². The number of para-hydroxylation sites is 1. The fraction of sp³-hybridized carbons (Fsp3) is 0.533. The second kappa shape index (κ2) is 6.07. The van der Waals surface area contributed by atoms with Crippen LogP contribution in [0.1, 0.15) is 29.6 Å². The molecule has 2 aliphatic rings. The molecule has 126 valence electrons. The Labute approximate surface area is 133 Å². The van der Waals surface area contributed by atoms with E-state index in [2.05, 4.69) is 4.74 Å². The summed E-state index contributed by atoms with van der Waals surface area (Å²) in [4.78, 5) is 14.4. The molecule has 0 aromatic heterocycles. The third-order valence-electron chi connectivity index (χ3n) is 4.11. The molecule has 23 heavy (non-hydrogen) atoms. The number of carbonyl (C=O) groups excluding carboxylic acids is 1. The summed E-state index contributed by atoms with van der Waals surface area (Å²) < 4.78 is 52.8. The van der Waals surface area contributed by atoms with Gasteiger partial charge in [0.05, 0.1) is 17.1 Å². The van der Waals surface area contributed by atoms with Gasteiger partial charge < -0.3 is 9.64 Å². The van der Waals surface area contributed by atoms with Crippen molar-refractivity contribution < 1.29 is 26.7 Å². The van der Waals surface area contributed by atoms with Crippen LogP contribution in [0.3, 0.4) is 0 Å². The van der Waals surface area contributed by atoms with Crippen LogP contribution in [-0.2, 0) is 9.84 Å². The van der Waals surface area contributed by atoms with Gasteiger partial charge in [-0.1, -0.05) is 12.1 Å². The smallest absolute Gasteiger partial charge is 0.387 e. The van der Waals surface area contributed by atoms with Crippen LogP contribution < -0.4 is 4.74 Å². The monoisotopic (exact) mass is 345 g/mol. The normalized spacial score (nSPS) is 23.0. The van der Waals surface area contributed by atoms with Crippen LogP contribution in [0.2, 0.25) is 0 Å². The average molecular weight is 345 g/mol. The predicted octanol–water partition coefficient (Wildman–Crippen LogP) is 2.08. The van der Waals surface area contributed by atoms with Crippen molar-refractivity contribution in [2.75, 3.05) is 11.5 Å². The minimum atomic E-state index is -3.14. The van der Waals surface area contributed by atoms with E-state index in [0.29, 0.717) is 6.42 Å². The number of carbonyl (C=O) groups is 1. The number of amides is 1. The van der Waals surface area contributed by atoms with E-state index >= 15 is 0 Å². The molecule has 1 atom stereocenters. The maximum atomic E-state index is 12.8. The lowest BCUT2D eigenvalue weighted by Crippen LogP contribution is -2.43. The van der Waals surface area contributed by atoms with Crippen LogP contribution in [0.4, 0.5) is 8.78 Å². The van der Waals surface area contributed by atoms with Gasteiger partial charge in [0.1, 0.15) is 5.75 Å². The summed E-state index contributed by atoms with van der Waals surface area (Å²) >= 11 is 0. The third-order valence-corrected chi connectivity index (χ3v) is 5.86. The molecule has 0 bridgehead atoms. The van der Waals surface area contributed by atoms with Crippen molar-refractivity contribution in [2.45, 2.75) is 38.0 Å². The number of halogens is 2. The molecule has 0 radical (unpaired) electrons. The Balaban J connectivity index is 1.88. The number of nitrogens with zero attached hydrogens (tertiary/aromatic N) is 1. The van der Waals surface area contributed by atoms with Gasteiger partial charge in [0.25, 0.3) is 5.91 Å². The van der Waals surface area contributed by atoms with Crippen molar-refractivity contribution in [2.24, 2.45) is 0 Å². The summed E-state index contributed by atoms with van der Waals surface area (Å²) in [6.45, 7) is -3.02. The quantitative estimate of drug-likeness (QED) is 0.820.